The standard InChI is InChI=1S/C17H18N4O/c1-20-10-11-21-16(12-6-8-13(22)9-7-12)18-15-5-3-2-4-14(15)17(21)19-20/h2-9,16,18,22H,10-11H2,1H3. The van der Waals surface area contributed by atoms with E-state index in [4.69, 9.17) is 5.10 Å². The second-order valence-corrected chi connectivity index (χ2v) is 5.68. The largest absolute Gasteiger partial charge is 0.508 e. The predicted octanol–water partition coefficient (Wildman–Crippen LogP) is 2.43. The van der Waals surface area contributed by atoms with Crippen LogP contribution >= 0.6 is 0 Å². The first-order valence-corrected chi connectivity index (χ1v) is 7.43. The number of hydrogen-bond acceptors (Lipinski definition) is 5. The number of likely N-dealkylation sites (N-methyl/N-ethyl adjacent to an activating group) is 1. The highest BCUT2D eigenvalue weighted by molar-refractivity contribution is 6.05. The fraction of sp³-hybridized carbons (Fsp3) is 0.235. The highest BCUT2D eigenvalue weighted by atomic mass is 16.3. The molecule has 2 aromatic rings. The Bertz CT molecular complexity index is 726. The van der Waals surface area contributed by atoms with E-state index in [-0.39, 0.29) is 11.9 Å². The summed E-state index contributed by atoms with van der Waals surface area (Å²) in [6.07, 6.45) is 0.0305. The number of aromatic hydroxyl groups is 1. The summed E-state index contributed by atoms with van der Waals surface area (Å²) in [5.41, 5.74) is 3.33. The topological polar surface area (TPSA) is 51.1 Å². The van der Waals surface area contributed by atoms with Crippen molar-refractivity contribution in [2.75, 3.05) is 25.5 Å². The van der Waals surface area contributed by atoms with E-state index in [1.165, 1.54) is 0 Å². The number of hydrazone groups is 1. The van der Waals surface area contributed by atoms with Crippen LogP contribution in [0.4, 0.5) is 5.69 Å². The van der Waals surface area contributed by atoms with Gasteiger partial charge in [0.25, 0.3) is 0 Å². The van der Waals surface area contributed by atoms with E-state index in [1.807, 2.05) is 36.3 Å². The molecule has 5 nitrogen and oxygen atoms in total. The normalized spacial score (nSPS) is 19.9. The zero-order chi connectivity index (χ0) is 15.1. The number of anilines is 1. The van der Waals surface area contributed by atoms with E-state index in [9.17, 15) is 5.11 Å². The average molecular weight is 294 g/mol. The van der Waals surface area contributed by atoms with Crippen LogP contribution in [0.3, 0.4) is 0 Å². The summed E-state index contributed by atoms with van der Waals surface area (Å²) in [6, 6.07) is 15.6. The Balaban J connectivity index is 1.82. The minimum Gasteiger partial charge on any atom is -0.508 e. The molecule has 1 atom stereocenters. The van der Waals surface area contributed by atoms with Crippen molar-refractivity contribution >= 4 is 11.5 Å². The number of hydrogen-bond donors (Lipinski definition) is 2. The number of nitrogens with zero attached hydrogens (tertiary/aromatic N) is 3. The molecular formula is C17H18N4O. The summed E-state index contributed by atoms with van der Waals surface area (Å²) in [5.74, 6) is 1.29. The van der Waals surface area contributed by atoms with Gasteiger partial charge in [-0.15, -0.1) is 0 Å². The third kappa shape index (κ3) is 2.06. The molecule has 2 aromatic carbocycles. The van der Waals surface area contributed by atoms with Crippen LogP contribution in [0.15, 0.2) is 53.6 Å². The Morgan fingerprint density at radius 1 is 1.09 bits per heavy atom. The number of phenols is 1. The highest BCUT2D eigenvalue weighted by Gasteiger charge is 2.33. The van der Waals surface area contributed by atoms with Crippen molar-refractivity contribution in [3.63, 3.8) is 0 Å². The molecule has 1 unspecified atom stereocenters. The van der Waals surface area contributed by atoms with Crippen LogP contribution in [-0.2, 0) is 0 Å². The lowest BCUT2D eigenvalue weighted by atomic mass is 10.0. The number of phenolic OH excluding ortho intramolecular Hbond substituents is 1. The molecule has 0 bridgehead atoms. The van der Waals surface area contributed by atoms with E-state index in [1.54, 1.807) is 12.1 Å². The molecule has 2 heterocycles. The maximum absolute atomic E-state index is 9.52. The van der Waals surface area contributed by atoms with Crippen molar-refractivity contribution in [3.8, 4) is 5.75 Å². The highest BCUT2D eigenvalue weighted by Crippen LogP contribution is 2.34. The maximum Gasteiger partial charge on any atom is 0.160 e. The zero-order valence-corrected chi connectivity index (χ0v) is 12.4. The van der Waals surface area contributed by atoms with Gasteiger partial charge in [0.1, 0.15) is 11.9 Å². The molecule has 112 valence electrons. The maximum atomic E-state index is 9.52. The molecule has 0 aromatic heterocycles. The van der Waals surface area contributed by atoms with Crippen molar-refractivity contribution in [1.82, 2.24) is 9.91 Å². The van der Waals surface area contributed by atoms with Crippen molar-refractivity contribution in [2.24, 2.45) is 5.10 Å². The fourth-order valence-electron chi connectivity index (χ4n) is 3.04. The van der Waals surface area contributed by atoms with Gasteiger partial charge in [0.15, 0.2) is 5.84 Å². The molecule has 0 aliphatic carbocycles. The summed E-state index contributed by atoms with van der Waals surface area (Å²) < 4.78 is 0. The Kier molecular flexibility index (Phi) is 2.92. The number of para-hydroxylation sites is 1. The Morgan fingerprint density at radius 2 is 1.86 bits per heavy atom. The molecule has 0 radical (unpaired) electrons. The minimum absolute atomic E-state index is 0.0305. The third-order valence-electron chi connectivity index (χ3n) is 4.18. The summed E-state index contributed by atoms with van der Waals surface area (Å²) in [6.45, 7) is 1.80. The van der Waals surface area contributed by atoms with E-state index < -0.39 is 0 Å². The first-order valence-electron chi connectivity index (χ1n) is 7.43. The molecule has 4 rings (SSSR count). The number of benzene rings is 2. The van der Waals surface area contributed by atoms with Gasteiger partial charge in [-0.25, -0.2) is 0 Å². The molecule has 22 heavy (non-hydrogen) atoms. The van der Waals surface area contributed by atoms with Crippen molar-refractivity contribution in [3.05, 3.63) is 59.7 Å². The molecule has 0 fully saturated rings. The molecule has 0 spiro atoms. The van der Waals surface area contributed by atoms with Gasteiger partial charge in [-0.2, -0.15) is 5.10 Å². The zero-order valence-electron chi connectivity index (χ0n) is 12.4. The van der Waals surface area contributed by atoms with E-state index >= 15 is 0 Å². The first-order chi connectivity index (χ1) is 10.7. The average Bonchev–Trinajstić information content (AvgIpc) is 2.55. The molecule has 0 saturated heterocycles. The molecular weight excluding hydrogens is 276 g/mol. The van der Waals surface area contributed by atoms with Gasteiger partial charge in [-0.3, -0.25) is 5.01 Å². The molecule has 2 N–H and O–H groups in total. The molecule has 0 amide bonds. The van der Waals surface area contributed by atoms with Crippen molar-refractivity contribution < 1.29 is 5.11 Å². The smallest absolute Gasteiger partial charge is 0.160 e. The van der Waals surface area contributed by atoms with Crippen LogP contribution in [-0.4, -0.2) is 41.0 Å². The van der Waals surface area contributed by atoms with Gasteiger partial charge in [-0.1, -0.05) is 24.3 Å². The van der Waals surface area contributed by atoms with Crippen LogP contribution in [0.1, 0.15) is 17.3 Å². The Hall–Kier alpha value is -2.69. The van der Waals surface area contributed by atoms with E-state index in [2.05, 4.69) is 22.3 Å². The summed E-state index contributed by atoms with van der Waals surface area (Å²) in [7, 11) is 2.00. The Labute approximate surface area is 129 Å². The van der Waals surface area contributed by atoms with E-state index in [0.29, 0.717) is 0 Å². The molecule has 5 heteroatoms. The van der Waals surface area contributed by atoms with Crippen LogP contribution < -0.4 is 5.32 Å². The number of nitrogens with one attached hydrogen (secondary N) is 1. The second-order valence-electron chi connectivity index (χ2n) is 5.68. The third-order valence-corrected chi connectivity index (χ3v) is 4.18. The van der Waals surface area contributed by atoms with Crippen LogP contribution in [0, 0.1) is 0 Å². The van der Waals surface area contributed by atoms with Crippen LogP contribution in [0.5, 0.6) is 5.75 Å². The van der Waals surface area contributed by atoms with E-state index in [0.717, 1.165) is 35.7 Å². The lowest BCUT2D eigenvalue weighted by Gasteiger charge is -2.43. The SMILES string of the molecule is CN1CCN2C(=N1)c1ccccc1NC2c1ccc(O)cc1. The number of fused-ring (bicyclic) bond motifs is 3. The Morgan fingerprint density at radius 3 is 2.68 bits per heavy atom. The monoisotopic (exact) mass is 294 g/mol. The van der Waals surface area contributed by atoms with Crippen LogP contribution in [0.25, 0.3) is 0 Å². The number of amidine groups is 1. The lowest BCUT2D eigenvalue weighted by molar-refractivity contribution is 0.230. The molecule has 2 aliphatic rings. The van der Waals surface area contributed by atoms with Gasteiger partial charge in [0.05, 0.1) is 6.54 Å². The van der Waals surface area contributed by atoms with Gasteiger partial charge >= 0.3 is 0 Å². The summed E-state index contributed by atoms with van der Waals surface area (Å²) >= 11 is 0. The molecule has 0 saturated carbocycles. The molecule has 2 aliphatic heterocycles. The van der Waals surface area contributed by atoms with Gasteiger partial charge < -0.3 is 15.3 Å². The summed E-state index contributed by atoms with van der Waals surface area (Å²) in [4.78, 5) is 2.29. The fourth-order valence-corrected chi connectivity index (χ4v) is 3.04. The quantitative estimate of drug-likeness (QED) is 0.848. The van der Waals surface area contributed by atoms with Crippen LogP contribution in [0.2, 0.25) is 0 Å². The lowest BCUT2D eigenvalue weighted by Crippen LogP contribution is -2.49. The predicted molar refractivity (Wildman–Crippen MR) is 86.8 cm³/mol. The van der Waals surface area contributed by atoms with Gasteiger partial charge in [0, 0.05) is 24.8 Å². The summed E-state index contributed by atoms with van der Waals surface area (Å²) in [5, 5.41) is 19.8. The minimum atomic E-state index is 0.0305. The van der Waals surface area contributed by atoms with Crippen molar-refractivity contribution in [2.45, 2.75) is 6.17 Å². The first kappa shape index (κ1) is 13.0. The van der Waals surface area contributed by atoms with Gasteiger partial charge in [0.2, 0.25) is 0 Å². The number of rotatable bonds is 1. The second kappa shape index (κ2) is 4.94. The van der Waals surface area contributed by atoms with Crippen molar-refractivity contribution in [1.29, 1.82) is 0 Å². The van der Waals surface area contributed by atoms with Gasteiger partial charge in [-0.05, 0) is 29.8 Å².